The molecule has 1 fully saturated rings. The van der Waals surface area contributed by atoms with Crippen LogP contribution in [0, 0.1) is 26.7 Å². The molecule has 3 heterocycles. The van der Waals surface area contributed by atoms with Crippen LogP contribution in [-0.2, 0) is 6.42 Å². The number of hydrogen-bond acceptors (Lipinski definition) is 5. The van der Waals surface area contributed by atoms with Crippen molar-refractivity contribution in [1.29, 1.82) is 0 Å². The molecule has 1 saturated heterocycles. The molecule has 0 saturated carbocycles. The molecule has 0 amide bonds. The van der Waals surface area contributed by atoms with E-state index in [4.69, 9.17) is 9.47 Å². The second kappa shape index (κ2) is 8.34. The quantitative estimate of drug-likeness (QED) is 0.615. The largest absolute Gasteiger partial charge is 0.454 e. The predicted molar refractivity (Wildman–Crippen MR) is 125 cm³/mol. The first kappa shape index (κ1) is 20.6. The molecule has 2 aliphatic rings. The van der Waals surface area contributed by atoms with Gasteiger partial charge in [0.15, 0.2) is 11.5 Å². The maximum absolute atomic E-state index is 12.5. The maximum Gasteiger partial charge on any atom is 0.258 e. The first-order valence-electron chi connectivity index (χ1n) is 11.3. The van der Waals surface area contributed by atoms with E-state index in [1.54, 1.807) is 10.6 Å². The van der Waals surface area contributed by atoms with Crippen LogP contribution in [0.1, 0.15) is 35.5 Å². The van der Waals surface area contributed by atoms with Crippen molar-refractivity contribution in [2.24, 2.45) is 5.92 Å². The van der Waals surface area contributed by atoms with Gasteiger partial charge in [0.25, 0.3) is 5.56 Å². The fourth-order valence-electron chi connectivity index (χ4n) is 4.97. The number of aryl methyl sites for hydroxylation is 3. The van der Waals surface area contributed by atoms with Crippen LogP contribution in [0.2, 0.25) is 0 Å². The van der Waals surface area contributed by atoms with Crippen molar-refractivity contribution in [1.82, 2.24) is 9.55 Å². The van der Waals surface area contributed by atoms with Crippen molar-refractivity contribution in [3.05, 3.63) is 75.5 Å². The Kier molecular flexibility index (Phi) is 5.37. The lowest BCUT2D eigenvalue weighted by Gasteiger charge is -2.34. The standard InChI is InChI=1S/C26H29N3O3/c1-17-12-22(29-19(3)27-18(2)13-26(29)30)5-6-23(17)28-10-8-20(9-11-28)14-21-4-7-24-25(15-21)32-16-31-24/h4-7,12-13,15,20H,8-11,14,16H2,1-3H3. The van der Waals surface area contributed by atoms with Crippen LogP contribution in [0.5, 0.6) is 11.5 Å². The summed E-state index contributed by atoms with van der Waals surface area (Å²) in [6.07, 6.45) is 3.40. The van der Waals surface area contributed by atoms with Gasteiger partial charge >= 0.3 is 0 Å². The van der Waals surface area contributed by atoms with Crippen molar-refractivity contribution >= 4 is 5.69 Å². The number of aromatic nitrogens is 2. The molecule has 166 valence electrons. The van der Waals surface area contributed by atoms with E-state index in [9.17, 15) is 4.79 Å². The summed E-state index contributed by atoms with van der Waals surface area (Å²) in [6, 6.07) is 14.2. The summed E-state index contributed by atoms with van der Waals surface area (Å²) in [5.74, 6) is 3.10. The van der Waals surface area contributed by atoms with E-state index >= 15 is 0 Å². The third-order valence-corrected chi connectivity index (χ3v) is 6.57. The highest BCUT2D eigenvalue weighted by Gasteiger charge is 2.22. The molecule has 0 aliphatic carbocycles. The molecular formula is C26H29N3O3. The predicted octanol–water partition coefficient (Wildman–Crippen LogP) is 4.35. The first-order valence-corrected chi connectivity index (χ1v) is 11.3. The Bertz CT molecular complexity index is 1210. The molecule has 0 atom stereocenters. The number of hydrogen-bond donors (Lipinski definition) is 0. The second-order valence-electron chi connectivity index (χ2n) is 8.91. The van der Waals surface area contributed by atoms with Crippen molar-refractivity contribution < 1.29 is 9.47 Å². The molecule has 5 rings (SSSR count). The van der Waals surface area contributed by atoms with Gasteiger partial charge in [-0.05, 0) is 87.4 Å². The van der Waals surface area contributed by atoms with Gasteiger partial charge in [0.1, 0.15) is 5.82 Å². The Balaban J connectivity index is 1.26. The van der Waals surface area contributed by atoms with Gasteiger partial charge < -0.3 is 14.4 Å². The highest BCUT2D eigenvalue weighted by molar-refractivity contribution is 5.58. The minimum absolute atomic E-state index is 0.0357. The number of anilines is 1. The minimum atomic E-state index is -0.0357. The molecule has 2 aromatic carbocycles. The molecule has 6 nitrogen and oxygen atoms in total. The topological polar surface area (TPSA) is 56.6 Å². The van der Waals surface area contributed by atoms with Crippen LogP contribution in [0.25, 0.3) is 5.69 Å². The van der Waals surface area contributed by atoms with Crippen molar-refractivity contribution in [3.63, 3.8) is 0 Å². The highest BCUT2D eigenvalue weighted by Crippen LogP contribution is 2.34. The Labute approximate surface area is 188 Å². The lowest BCUT2D eigenvalue weighted by molar-refractivity contribution is 0.174. The summed E-state index contributed by atoms with van der Waals surface area (Å²) in [4.78, 5) is 19.4. The van der Waals surface area contributed by atoms with Gasteiger partial charge in [0.05, 0.1) is 5.69 Å². The fourth-order valence-corrected chi connectivity index (χ4v) is 4.97. The lowest BCUT2D eigenvalue weighted by Crippen LogP contribution is -2.34. The summed E-state index contributed by atoms with van der Waals surface area (Å²) in [5.41, 5.74) is 5.34. The third-order valence-electron chi connectivity index (χ3n) is 6.57. The molecule has 0 spiro atoms. The van der Waals surface area contributed by atoms with Gasteiger partial charge in [-0.3, -0.25) is 9.36 Å². The van der Waals surface area contributed by atoms with Crippen LogP contribution in [0.15, 0.2) is 47.3 Å². The number of ether oxygens (including phenoxy) is 2. The van der Waals surface area contributed by atoms with Crippen molar-refractivity contribution in [2.75, 3.05) is 24.8 Å². The van der Waals surface area contributed by atoms with Crippen molar-refractivity contribution in [3.8, 4) is 17.2 Å². The van der Waals surface area contributed by atoms with Gasteiger partial charge in [-0.2, -0.15) is 0 Å². The van der Waals surface area contributed by atoms with Gasteiger partial charge in [-0.15, -0.1) is 0 Å². The number of benzene rings is 2. The zero-order valence-corrected chi connectivity index (χ0v) is 18.9. The van der Waals surface area contributed by atoms with E-state index in [0.717, 1.165) is 55.2 Å². The monoisotopic (exact) mass is 431 g/mol. The third kappa shape index (κ3) is 3.97. The number of piperidine rings is 1. The van der Waals surface area contributed by atoms with Gasteiger partial charge in [-0.25, -0.2) is 4.98 Å². The normalized spacial score (nSPS) is 15.9. The molecule has 3 aromatic rings. The maximum atomic E-state index is 12.5. The smallest absolute Gasteiger partial charge is 0.258 e. The van der Waals surface area contributed by atoms with E-state index in [1.807, 2.05) is 26.0 Å². The van der Waals surface area contributed by atoms with E-state index in [1.165, 1.54) is 16.8 Å². The number of nitrogens with zero attached hydrogens (tertiary/aromatic N) is 3. The molecule has 0 N–H and O–H groups in total. The zero-order valence-electron chi connectivity index (χ0n) is 18.9. The fraction of sp³-hybridized carbons (Fsp3) is 0.385. The number of rotatable bonds is 4. The summed E-state index contributed by atoms with van der Waals surface area (Å²) >= 11 is 0. The Morgan fingerprint density at radius 1 is 0.969 bits per heavy atom. The van der Waals surface area contributed by atoms with Crippen molar-refractivity contribution in [2.45, 2.75) is 40.0 Å². The molecule has 1 aromatic heterocycles. The summed E-state index contributed by atoms with van der Waals surface area (Å²) in [7, 11) is 0. The van der Waals surface area contributed by atoms with Gasteiger partial charge in [-0.1, -0.05) is 6.07 Å². The lowest BCUT2D eigenvalue weighted by atomic mass is 9.89. The van der Waals surface area contributed by atoms with E-state index in [2.05, 4.69) is 41.1 Å². The minimum Gasteiger partial charge on any atom is -0.454 e. The molecule has 0 unspecified atom stereocenters. The van der Waals surface area contributed by atoms with Crippen LogP contribution in [0.3, 0.4) is 0 Å². The molecule has 2 aliphatic heterocycles. The molecular weight excluding hydrogens is 402 g/mol. The Morgan fingerprint density at radius 2 is 1.75 bits per heavy atom. The Hall–Kier alpha value is -3.28. The van der Waals surface area contributed by atoms with E-state index < -0.39 is 0 Å². The molecule has 0 bridgehead atoms. The SMILES string of the molecule is Cc1cc(=O)n(-c2ccc(N3CCC(Cc4ccc5c(c4)OCO5)CC3)c(C)c2)c(C)n1. The van der Waals surface area contributed by atoms with Crippen LogP contribution >= 0.6 is 0 Å². The van der Waals surface area contributed by atoms with Crippen LogP contribution < -0.4 is 19.9 Å². The first-order chi connectivity index (χ1) is 15.5. The van der Waals surface area contributed by atoms with E-state index in [-0.39, 0.29) is 5.56 Å². The summed E-state index contributed by atoms with van der Waals surface area (Å²) in [5, 5.41) is 0. The zero-order chi connectivity index (χ0) is 22.2. The summed E-state index contributed by atoms with van der Waals surface area (Å²) < 4.78 is 12.6. The Morgan fingerprint density at radius 3 is 2.50 bits per heavy atom. The average Bonchev–Trinajstić information content (AvgIpc) is 3.22. The highest BCUT2D eigenvalue weighted by atomic mass is 16.7. The average molecular weight is 432 g/mol. The summed E-state index contributed by atoms with van der Waals surface area (Å²) in [6.45, 7) is 8.26. The van der Waals surface area contributed by atoms with E-state index in [0.29, 0.717) is 18.5 Å². The van der Waals surface area contributed by atoms with Crippen LogP contribution in [-0.4, -0.2) is 29.4 Å². The molecule has 0 radical (unpaired) electrons. The second-order valence-corrected chi connectivity index (χ2v) is 8.91. The van der Waals surface area contributed by atoms with Crippen LogP contribution in [0.4, 0.5) is 5.69 Å². The van der Waals surface area contributed by atoms with Gasteiger partial charge in [0, 0.05) is 30.5 Å². The molecule has 6 heteroatoms. The number of fused-ring (bicyclic) bond motifs is 1. The molecule has 32 heavy (non-hydrogen) atoms. The van der Waals surface area contributed by atoms with Gasteiger partial charge in [0.2, 0.25) is 6.79 Å².